The average Bonchev–Trinajstić information content (AvgIpc) is 3.32. The van der Waals surface area contributed by atoms with Gasteiger partial charge in [0.25, 0.3) is 11.8 Å². The highest BCUT2D eigenvalue weighted by atomic mass is 32.1. The van der Waals surface area contributed by atoms with Crippen LogP contribution in [0.4, 0.5) is 5.69 Å². The van der Waals surface area contributed by atoms with E-state index in [1.54, 1.807) is 25.3 Å². The van der Waals surface area contributed by atoms with Crippen LogP contribution in [0.15, 0.2) is 53.9 Å². The van der Waals surface area contributed by atoms with Gasteiger partial charge in [-0.05, 0) is 53.3 Å². The van der Waals surface area contributed by atoms with Crippen molar-refractivity contribution in [1.29, 1.82) is 0 Å². The lowest BCUT2D eigenvalue weighted by Gasteiger charge is -2.29. The van der Waals surface area contributed by atoms with Crippen LogP contribution in [0.1, 0.15) is 31.2 Å². The number of fused-ring (bicyclic) bond motifs is 1. The van der Waals surface area contributed by atoms with Gasteiger partial charge in [0.2, 0.25) is 0 Å². The maximum atomic E-state index is 12.8. The van der Waals surface area contributed by atoms with Gasteiger partial charge in [0.15, 0.2) is 0 Å². The molecule has 2 aromatic carbocycles. The highest BCUT2D eigenvalue weighted by molar-refractivity contribution is 7.12. The fourth-order valence-corrected chi connectivity index (χ4v) is 4.24. The molecule has 0 bridgehead atoms. The molecule has 0 aliphatic carbocycles. The van der Waals surface area contributed by atoms with Crippen LogP contribution in [0.3, 0.4) is 0 Å². The van der Waals surface area contributed by atoms with Gasteiger partial charge >= 0.3 is 0 Å². The molecular weight excluding hydrogens is 400 g/mol. The van der Waals surface area contributed by atoms with E-state index < -0.39 is 0 Å². The largest absolute Gasteiger partial charge is 0.497 e. The first-order valence-electron chi connectivity index (χ1n) is 9.57. The Morgan fingerprint density at radius 3 is 2.63 bits per heavy atom. The summed E-state index contributed by atoms with van der Waals surface area (Å²) in [7, 11) is 3.08. The van der Waals surface area contributed by atoms with E-state index in [0.29, 0.717) is 35.8 Å². The minimum absolute atomic E-state index is 0.0491. The van der Waals surface area contributed by atoms with E-state index in [1.165, 1.54) is 24.0 Å². The Morgan fingerprint density at radius 2 is 1.90 bits per heavy atom. The van der Waals surface area contributed by atoms with Crippen molar-refractivity contribution in [3.63, 3.8) is 0 Å². The first-order valence-corrected chi connectivity index (χ1v) is 10.4. The molecule has 30 heavy (non-hydrogen) atoms. The summed E-state index contributed by atoms with van der Waals surface area (Å²) in [5.41, 5.74) is 3.35. The average molecular weight is 423 g/mol. The van der Waals surface area contributed by atoms with Crippen molar-refractivity contribution in [3.8, 4) is 11.5 Å². The summed E-state index contributed by atoms with van der Waals surface area (Å²) >= 11 is 1.45. The molecule has 1 aromatic heterocycles. The van der Waals surface area contributed by atoms with E-state index in [0.717, 1.165) is 16.9 Å². The van der Waals surface area contributed by atoms with Gasteiger partial charge in [0, 0.05) is 24.8 Å². The Balaban J connectivity index is 1.51. The maximum Gasteiger partial charge on any atom is 0.264 e. The fraction of sp³-hybridized carbons (Fsp3) is 0.217. The zero-order valence-corrected chi connectivity index (χ0v) is 17.6. The molecule has 2 amide bonds. The van der Waals surface area contributed by atoms with Crippen molar-refractivity contribution in [2.24, 2.45) is 0 Å². The lowest BCUT2D eigenvalue weighted by atomic mass is 9.98. The van der Waals surface area contributed by atoms with E-state index in [4.69, 9.17) is 9.47 Å². The van der Waals surface area contributed by atoms with Crippen LogP contribution in [0, 0.1) is 0 Å². The summed E-state index contributed by atoms with van der Waals surface area (Å²) in [6.07, 6.45) is 0.799. The molecule has 6 nitrogen and oxygen atoms in total. The fourth-order valence-electron chi connectivity index (χ4n) is 3.55. The molecule has 0 fully saturated rings. The van der Waals surface area contributed by atoms with Gasteiger partial charge in [-0.1, -0.05) is 12.1 Å². The van der Waals surface area contributed by atoms with Crippen molar-refractivity contribution in [2.45, 2.75) is 13.0 Å². The molecule has 0 radical (unpaired) electrons. The first kappa shape index (κ1) is 20.0. The summed E-state index contributed by atoms with van der Waals surface area (Å²) in [6.45, 7) is 1.22. The number of hydrogen-bond donors (Lipinski definition) is 1. The Kier molecular flexibility index (Phi) is 5.72. The third-order valence-electron chi connectivity index (χ3n) is 5.15. The Bertz CT molecular complexity index is 1080. The molecule has 1 N–H and O–H groups in total. The molecule has 0 unspecified atom stereocenters. The predicted molar refractivity (Wildman–Crippen MR) is 117 cm³/mol. The van der Waals surface area contributed by atoms with Gasteiger partial charge < -0.3 is 19.7 Å². The molecule has 1 aliphatic heterocycles. The topological polar surface area (TPSA) is 67.9 Å². The van der Waals surface area contributed by atoms with Gasteiger partial charge in [0.05, 0.1) is 24.7 Å². The Morgan fingerprint density at radius 1 is 1.03 bits per heavy atom. The van der Waals surface area contributed by atoms with Crippen LogP contribution in [0.2, 0.25) is 0 Å². The van der Waals surface area contributed by atoms with Crippen LogP contribution >= 0.6 is 11.3 Å². The van der Waals surface area contributed by atoms with E-state index >= 15 is 0 Å². The molecule has 0 spiro atoms. The van der Waals surface area contributed by atoms with Crippen molar-refractivity contribution < 1.29 is 19.1 Å². The summed E-state index contributed by atoms with van der Waals surface area (Å²) in [5.74, 6) is 0.843. The second kappa shape index (κ2) is 8.59. The number of benzene rings is 2. The number of rotatable bonds is 5. The number of thiophene rings is 1. The minimum Gasteiger partial charge on any atom is -0.497 e. The van der Waals surface area contributed by atoms with E-state index in [2.05, 4.69) is 5.32 Å². The van der Waals surface area contributed by atoms with Crippen LogP contribution < -0.4 is 14.8 Å². The van der Waals surface area contributed by atoms with Gasteiger partial charge in [-0.3, -0.25) is 9.59 Å². The molecule has 0 saturated carbocycles. The number of nitrogens with zero attached hydrogens (tertiary/aromatic N) is 1. The lowest BCUT2D eigenvalue weighted by Crippen LogP contribution is -2.35. The van der Waals surface area contributed by atoms with Crippen molar-refractivity contribution in [2.75, 3.05) is 26.1 Å². The standard InChI is InChI=1S/C23H22N2O4S/c1-28-18-7-8-19(20(13-18)29-2)22(26)24-17-6-5-15-9-10-25(14-16(15)12-17)23(27)21-4-3-11-30-21/h3-8,11-13H,9-10,14H2,1-2H3,(H,24,26). The zero-order valence-electron chi connectivity index (χ0n) is 16.8. The monoisotopic (exact) mass is 422 g/mol. The smallest absolute Gasteiger partial charge is 0.264 e. The summed E-state index contributed by atoms with van der Waals surface area (Å²) in [6, 6.07) is 14.7. The van der Waals surface area contributed by atoms with Crippen LogP contribution in [-0.4, -0.2) is 37.5 Å². The molecule has 7 heteroatoms. The van der Waals surface area contributed by atoms with Gasteiger partial charge in [-0.25, -0.2) is 0 Å². The third kappa shape index (κ3) is 4.02. The van der Waals surface area contributed by atoms with Gasteiger partial charge in [-0.2, -0.15) is 0 Å². The molecule has 3 aromatic rings. The first-order chi connectivity index (χ1) is 14.6. The second-order valence-corrected chi connectivity index (χ2v) is 7.91. The summed E-state index contributed by atoms with van der Waals surface area (Å²) in [4.78, 5) is 28.1. The number of nitrogens with one attached hydrogen (secondary N) is 1. The Labute approximate surface area is 179 Å². The third-order valence-corrected chi connectivity index (χ3v) is 6.01. The highest BCUT2D eigenvalue weighted by Crippen LogP contribution is 2.27. The number of anilines is 1. The van der Waals surface area contributed by atoms with Crippen molar-refractivity contribution in [1.82, 2.24) is 4.90 Å². The lowest BCUT2D eigenvalue weighted by molar-refractivity contribution is 0.0739. The second-order valence-electron chi connectivity index (χ2n) is 6.96. The molecule has 1 aliphatic rings. The van der Waals surface area contributed by atoms with E-state index in [1.807, 2.05) is 40.6 Å². The minimum atomic E-state index is -0.267. The van der Waals surface area contributed by atoms with Crippen LogP contribution in [0.25, 0.3) is 0 Å². The molecule has 2 heterocycles. The van der Waals surface area contributed by atoms with Gasteiger partial charge in [-0.15, -0.1) is 11.3 Å². The SMILES string of the molecule is COc1ccc(C(=O)Nc2ccc3c(c2)CN(C(=O)c2cccs2)CC3)c(OC)c1. The number of carbonyl (C=O) groups excluding carboxylic acids is 2. The number of amides is 2. The number of hydrogen-bond acceptors (Lipinski definition) is 5. The van der Waals surface area contributed by atoms with E-state index in [-0.39, 0.29) is 11.8 Å². The predicted octanol–water partition coefficient (Wildman–Crippen LogP) is 4.22. The van der Waals surface area contributed by atoms with Crippen LogP contribution in [-0.2, 0) is 13.0 Å². The number of methoxy groups -OCH3 is 2. The quantitative estimate of drug-likeness (QED) is 0.669. The number of carbonyl (C=O) groups is 2. The Hall–Kier alpha value is -3.32. The molecule has 0 saturated heterocycles. The van der Waals surface area contributed by atoms with E-state index in [9.17, 15) is 9.59 Å². The van der Waals surface area contributed by atoms with Crippen molar-refractivity contribution >= 4 is 28.8 Å². The van der Waals surface area contributed by atoms with Crippen LogP contribution in [0.5, 0.6) is 11.5 Å². The normalized spacial score (nSPS) is 12.8. The summed E-state index contributed by atoms with van der Waals surface area (Å²) in [5, 5.41) is 4.84. The van der Waals surface area contributed by atoms with Gasteiger partial charge in [0.1, 0.15) is 11.5 Å². The zero-order chi connectivity index (χ0) is 21.1. The molecule has 0 atom stereocenters. The molecular formula is C23H22N2O4S. The van der Waals surface area contributed by atoms with Crippen molar-refractivity contribution in [3.05, 3.63) is 75.5 Å². The molecule has 154 valence electrons. The summed E-state index contributed by atoms with van der Waals surface area (Å²) < 4.78 is 10.5. The number of ether oxygens (including phenoxy) is 2. The highest BCUT2D eigenvalue weighted by Gasteiger charge is 2.23. The maximum absolute atomic E-state index is 12.8. The molecule has 4 rings (SSSR count).